The van der Waals surface area contributed by atoms with E-state index < -0.39 is 0 Å². The summed E-state index contributed by atoms with van der Waals surface area (Å²) in [7, 11) is 0. The number of aryl methyl sites for hydroxylation is 1. The lowest BCUT2D eigenvalue weighted by Crippen LogP contribution is -2.46. The minimum Gasteiger partial charge on any atom is -0.335 e. The molecule has 3 rings (SSSR count). The number of carbonyl (C=O) groups is 1. The Morgan fingerprint density at radius 2 is 1.93 bits per heavy atom. The molecule has 1 aromatic rings. The van der Waals surface area contributed by atoms with Crippen LogP contribution in [0.2, 0.25) is 0 Å². The van der Waals surface area contributed by atoms with Gasteiger partial charge >= 0.3 is 6.03 Å². The molecule has 1 saturated carbocycles. The van der Waals surface area contributed by atoms with Gasteiger partial charge in [0.25, 0.3) is 0 Å². The van der Waals surface area contributed by atoms with Crippen molar-refractivity contribution >= 4 is 23.5 Å². The smallest absolute Gasteiger partial charge is 0.319 e. The van der Waals surface area contributed by atoms with Crippen molar-refractivity contribution in [2.24, 2.45) is 5.92 Å². The monoisotopic (exact) mass is 403 g/mol. The molecule has 1 atom stereocenters. The number of piperidine rings is 1. The van der Waals surface area contributed by atoms with E-state index in [2.05, 4.69) is 48.4 Å². The Morgan fingerprint density at radius 1 is 1.21 bits per heavy atom. The lowest BCUT2D eigenvalue weighted by molar-refractivity contribution is 0.173. The van der Waals surface area contributed by atoms with Crippen LogP contribution >= 0.6 is 11.8 Å². The molecular formula is C23H37N3OS. The molecule has 0 spiro atoms. The third-order valence-electron chi connectivity index (χ3n) is 6.27. The van der Waals surface area contributed by atoms with Crippen molar-refractivity contribution in [3.8, 4) is 0 Å². The van der Waals surface area contributed by atoms with Gasteiger partial charge in [-0.15, -0.1) is 11.8 Å². The maximum absolute atomic E-state index is 12.5. The van der Waals surface area contributed by atoms with Crippen LogP contribution < -0.4 is 10.6 Å². The highest BCUT2D eigenvalue weighted by Gasteiger charge is 2.24. The van der Waals surface area contributed by atoms with Crippen molar-refractivity contribution < 1.29 is 4.79 Å². The fourth-order valence-electron chi connectivity index (χ4n) is 4.33. The van der Waals surface area contributed by atoms with Crippen LogP contribution in [0.1, 0.15) is 64.4 Å². The standard InChI is InChI=1S/C23H37N3OS/c1-4-18(3)28-21-9-10-22(17(2)15-21)25-23(27)24-20-11-13-26(14-12-20)16-19-7-5-6-8-19/h9-10,15,18-20H,4-8,11-14,16H2,1-3H3,(H2,24,25,27). The Morgan fingerprint density at radius 3 is 2.57 bits per heavy atom. The third kappa shape index (κ3) is 6.41. The number of benzene rings is 1. The molecule has 2 fully saturated rings. The number of amides is 2. The van der Waals surface area contributed by atoms with Gasteiger partial charge in [-0.2, -0.15) is 0 Å². The van der Waals surface area contributed by atoms with Crippen LogP contribution in [0.4, 0.5) is 10.5 Å². The van der Waals surface area contributed by atoms with Gasteiger partial charge in [0.15, 0.2) is 0 Å². The van der Waals surface area contributed by atoms with Gasteiger partial charge in [0.1, 0.15) is 0 Å². The topological polar surface area (TPSA) is 44.4 Å². The van der Waals surface area contributed by atoms with E-state index in [0.717, 1.165) is 49.5 Å². The molecule has 0 aromatic heterocycles. The summed E-state index contributed by atoms with van der Waals surface area (Å²) in [6.45, 7) is 10.0. The molecule has 2 N–H and O–H groups in total. The van der Waals surface area contributed by atoms with E-state index in [1.807, 2.05) is 17.8 Å². The number of likely N-dealkylation sites (tertiary alicyclic amines) is 1. The summed E-state index contributed by atoms with van der Waals surface area (Å²) in [6, 6.07) is 6.54. The number of hydrogen-bond donors (Lipinski definition) is 2. The molecule has 1 aromatic carbocycles. The number of urea groups is 1. The Balaban J connectivity index is 1.42. The molecule has 2 amide bonds. The molecule has 0 bridgehead atoms. The molecule has 1 aliphatic heterocycles. The summed E-state index contributed by atoms with van der Waals surface area (Å²) in [5.74, 6) is 0.914. The fraction of sp³-hybridized carbons (Fsp3) is 0.696. The van der Waals surface area contributed by atoms with Gasteiger partial charge < -0.3 is 15.5 Å². The van der Waals surface area contributed by atoms with E-state index in [9.17, 15) is 4.79 Å². The quantitative estimate of drug-likeness (QED) is 0.577. The second kappa shape index (κ2) is 10.5. The summed E-state index contributed by atoms with van der Waals surface area (Å²) in [6.07, 6.45) is 8.93. The second-order valence-electron chi connectivity index (χ2n) is 8.64. The molecule has 1 saturated heterocycles. The van der Waals surface area contributed by atoms with Gasteiger partial charge in [-0.1, -0.05) is 26.7 Å². The predicted molar refractivity (Wildman–Crippen MR) is 120 cm³/mol. The normalized spacial score (nSPS) is 20.2. The van der Waals surface area contributed by atoms with Crippen LogP contribution in [0, 0.1) is 12.8 Å². The first-order valence-electron chi connectivity index (χ1n) is 11.1. The average Bonchev–Trinajstić information content (AvgIpc) is 3.18. The van der Waals surface area contributed by atoms with Gasteiger partial charge in [-0.05, 0) is 68.7 Å². The highest BCUT2D eigenvalue weighted by atomic mass is 32.2. The summed E-state index contributed by atoms with van der Waals surface area (Å²) < 4.78 is 0. The van der Waals surface area contributed by atoms with Gasteiger partial charge in [0, 0.05) is 41.5 Å². The van der Waals surface area contributed by atoms with Crippen molar-refractivity contribution in [1.29, 1.82) is 0 Å². The lowest BCUT2D eigenvalue weighted by Gasteiger charge is -2.33. The first-order valence-corrected chi connectivity index (χ1v) is 12.0. The highest BCUT2D eigenvalue weighted by molar-refractivity contribution is 7.99. The van der Waals surface area contributed by atoms with E-state index in [1.54, 1.807) is 0 Å². The van der Waals surface area contributed by atoms with Gasteiger partial charge in [-0.25, -0.2) is 4.79 Å². The number of anilines is 1. The van der Waals surface area contributed by atoms with Crippen LogP contribution in [0.25, 0.3) is 0 Å². The molecule has 5 heteroatoms. The molecule has 1 unspecified atom stereocenters. The Bertz CT molecular complexity index is 637. The van der Waals surface area contributed by atoms with E-state index in [4.69, 9.17) is 0 Å². The molecule has 0 radical (unpaired) electrons. The van der Waals surface area contributed by atoms with E-state index in [1.165, 1.54) is 37.1 Å². The lowest BCUT2D eigenvalue weighted by atomic mass is 10.0. The predicted octanol–water partition coefficient (Wildman–Crippen LogP) is 5.66. The third-order valence-corrected chi connectivity index (χ3v) is 7.53. The number of thioether (sulfide) groups is 1. The fourth-order valence-corrected chi connectivity index (χ4v) is 5.35. The first kappa shape index (κ1) is 21.5. The van der Waals surface area contributed by atoms with Crippen molar-refractivity contribution in [3.05, 3.63) is 23.8 Å². The number of nitrogens with zero attached hydrogens (tertiary/aromatic N) is 1. The van der Waals surface area contributed by atoms with Crippen LogP contribution in [0.5, 0.6) is 0 Å². The van der Waals surface area contributed by atoms with Crippen molar-refractivity contribution in [2.75, 3.05) is 25.0 Å². The number of nitrogens with one attached hydrogen (secondary N) is 2. The minimum atomic E-state index is -0.0697. The SMILES string of the molecule is CCC(C)Sc1ccc(NC(=O)NC2CCN(CC3CCCC3)CC2)c(C)c1. The van der Waals surface area contributed by atoms with E-state index >= 15 is 0 Å². The molecule has 4 nitrogen and oxygen atoms in total. The van der Waals surface area contributed by atoms with E-state index in [0.29, 0.717) is 11.3 Å². The Hall–Kier alpha value is -1.20. The van der Waals surface area contributed by atoms with Gasteiger partial charge in [0.2, 0.25) is 0 Å². The number of hydrogen-bond acceptors (Lipinski definition) is 3. The average molecular weight is 404 g/mol. The van der Waals surface area contributed by atoms with Crippen LogP contribution in [0.15, 0.2) is 23.1 Å². The largest absolute Gasteiger partial charge is 0.335 e. The molecule has 28 heavy (non-hydrogen) atoms. The summed E-state index contributed by atoms with van der Waals surface area (Å²) in [4.78, 5) is 16.3. The van der Waals surface area contributed by atoms with Crippen molar-refractivity contribution in [1.82, 2.24) is 10.2 Å². The van der Waals surface area contributed by atoms with E-state index in [-0.39, 0.29) is 6.03 Å². The molecule has 1 heterocycles. The van der Waals surface area contributed by atoms with Crippen LogP contribution in [-0.4, -0.2) is 41.9 Å². The number of rotatable bonds is 7. The molecular weight excluding hydrogens is 366 g/mol. The highest BCUT2D eigenvalue weighted by Crippen LogP contribution is 2.29. The zero-order valence-electron chi connectivity index (χ0n) is 17.8. The van der Waals surface area contributed by atoms with Gasteiger partial charge in [0.05, 0.1) is 0 Å². The van der Waals surface area contributed by atoms with Crippen LogP contribution in [0.3, 0.4) is 0 Å². The summed E-state index contributed by atoms with van der Waals surface area (Å²) >= 11 is 1.89. The maximum Gasteiger partial charge on any atom is 0.319 e. The summed E-state index contributed by atoms with van der Waals surface area (Å²) in [5, 5.41) is 6.84. The minimum absolute atomic E-state index is 0.0697. The van der Waals surface area contributed by atoms with Crippen molar-refractivity contribution in [2.45, 2.75) is 81.9 Å². The molecule has 2 aliphatic rings. The Kier molecular flexibility index (Phi) is 8.10. The molecule has 1 aliphatic carbocycles. The second-order valence-corrected chi connectivity index (χ2v) is 10.1. The zero-order valence-corrected chi connectivity index (χ0v) is 18.6. The maximum atomic E-state index is 12.5. The first-order chi connectivity index (χ1) is 13.5. The zero-order chi connectivity index (χ0) is 19.9. The van der Waals surface area contributed by atoms with Crippen LogP contribution in [-0.2, 0) is 0 Å². The summed E-state index contributed by atoms with van der Waals surface area (Å²) in [5.41, 5.74) is 2.03. The molecule has 156 valence electrons. The number of carbonyl (C=O) groups excluding carboxylic acids is 1. The Labute approximate surface area is 175 Å². The van der Waals surface area contributed by atoms with Gasteiger partial charge in [-0.3, -0.25) is 0 Å². The van der Waals surface area contributed by atoms with Crippen molar-refractivity contribution in [3.63, 3.8) is 0 Å².